The quantitative estimate of drug-likeness (QED) is 0.284. The lowest BCUT2D eigenvalue weighted by Crippen LogP contribution is -2.26. The second kappa shape index (κ2) is 12.1. The van der Waals surface area contributed by atoms with Gasteiger partial charge in [-0.25, -0.2) is 0 Å². The van der Waals surface area contributed by atoms with Crippen molar-refractivity contribution in [2.45, 2.75) is 18.1 Å². The molecule has 0 unspecified atom stereocenters. The fourth-order valence-electron chi connectivity index (χ4n) is 2.81. The van der Waals surface area contributed by atoms with E-state index in [2.05, 4.69) is 27.4 Å². The minimum atomic E-state index is -0.267. The van der Waals surface area contributed by atoms with Crippen LogP contribution in [0.25, 0.3) is 0 Å². The maximum absolute atomic E-state index is 12.3. The zero-order chi connectivity index (χ0) is 23.8. The highest BCUT2D eigenvalue weighted by molar-refractivity contribution is 7.99. The molecule has 1 aromatic heterocycles. The van der Waals surface area contributed by atoms with Gasteiger partial charge in [-0.05, 0) is 42.5 Å². The van der Waals surface area contributed by atoms with Gasteiger partial charge in [0.1, 0.15) is 5.82 Å². The molecular formula is C22H20Cl3N5O2S. The minimum absolute atomic E-state index is 0.159. The summed E-state index contributed by atoms with van der Waals surface area (Å²) in [6, 6.07) is 11.6. The zero-order valence-electron chi connectivity index (χ0n) is 17.4. The maximum Gasteiger partial charge on any atom is 0.251 e. The van der Waals surface area contributed by atoms with E-state index in [0.717, 1.165) is 0 Å². The number of carbonyl (C=O) groups is 2. The first kappa shape index (κ1) is 25.1. The van der Waals surface area contributed by atoms with Crippen LogP contribution in [0.5, 0.6) is 0 Å². The summed E-state index contributed by atoms with van der Waals surface area (Å²) in [5.41, 5.74) is 1.08. The molecule has 0 aliphatic heterocycles. The predicted octanol–water partition coefficient (Wildman–Crippen LogP) is 5.13. The lowest BCUT2D eigenvalue weighted by molar-refractivity contribution is -0.113. The maximum atomic E-state index is 12.3. The third-order valence-corrected chi connectivity index (χ3v) is 6.34. The van der Waals surface area contributed by atoms with E-state index >= 15 is 0 Å². The number of anilines is 1. The molecule has 1 heterocycles. The Morgan fingerprint density at radius 2 is 1.82 bits per heavy atom. The normalized spacial score (nSPS) is 10.6. The highest BCUT2D eigenvalue weighted by Gasteiger charge is 2.14. The summed E-state index contributed by atoms with van der Waals surface area (Å²) in [4.78, 5) is 24.6. The Kier molecular flexibility index (Phi) is 9.20. The molecule has 0 fully saturated rings. The second-order valence-electron chi connectivity index (χ2n) is 6.78. The number of halogens is 3. The zero-order valence-corrected chi connectivity index (χ0v) is 20.4. The largest absolute Gasteiger partial charge is 0.352 e. The molecule has 0 spiro atoms. The molecule has 0 aliphatic carbocycles. The third-order valence-electron chi connectivity index (χ3n) is 4.38. The van der Waals surface area contributed by atoms with Crippen molar-refractivity contribution in [1.29, 1.82) is 0 Å². The SMILES string of the molecule is C=CCn1c(CCNC(=O)c2ccc(Cl)c(Cl)c2)nnc1SCC(=O)Nc1ccc(Cl)cc1. The minimum Gasteiger partial charge on any atom is -0.352 e. The van der Waals surface area contributed by atoms with E-state index in [-0.39, 0.29) is 17.6 Å². The van der Waals surface area contributed by atoms with Gasteiger partial charge in [-0.1, -0.05) is 52.6 Å². The number of amides is 2. The van der Waals surface area contributed by atoms with Crippen LogP contribution in [0.2, 0.25) is 15.1 Å². The van der Waals surface area contributed by atoms with Gasteiger partial charge in [0.05, 0.1) is 15.8 Å². The van der Waals surface area contributed by atoms with Crippen LogP contribution in [0.15, 0.2) is 60.3 Å². The number of thioether (sulfide) groups is 1. The van der Waals surface area contributed by atoms with E-state index < -0.39 is 0 Å². The first-order chi connectivity index (χ1) is 15.9. The number of nitrogens with one attached hydrogen (secondary N) is 2. The van der Waals surface area contributed by atoms with Crippen LogP contribution in [0.1, 0.15) is 16.2 Å². The highest BCUT2D eigenvalue weighted by Crippen LogP contribution is 2.22. The van der Waals surface area contributed by atoms with Crippen molar-refractivity contribution in [3.8, 4) is 0 Å². The number of nitrogens with zero attached hydrogens (tertiary/aromatic N) is 3. The Morgan fingerprint density at radius 1 is 1.06 bits per heavy atom. The van der Waals surface area contributed by atoms with Crippen molar-refractivity contribution in [2.24, 2.45) is 0 Å². The molecule has 2 aromatic carbocycles. The van der Waals surface area contributed by atoms with Gasteiger partial charge in [0.25, 0.3) is 5.91 Å². The topological polar surface area (TPSA) is 88.9 Å². The summed E-state index contributed by atoms with van der Waals surface area (Å²) in [5, 5.41) is 15.9. The van der Waals surface area contributed by atoms with Gasteiger partial charge in [-0.2, -0.15) is 0 Å². The van der Waals surface area contributed by atoms with Crippen molar-refractivity contribution in [2.75, 3.05) is 17.6 Å². The lowest BCUT2D eigenvalue weighted by Gasteiger charge is -2.09. The van der Waals surface area contributed by atoms with Gasteiger partial charge in [-0.15, -0.1) is 16.8 Å². The summed E-state index contributed by atoms with van der Waals surface area (Å²) in [7, 11) is 0. The van der Waals surface area contributed by atoms with Gasteiger partial charge in [0.15, 0.2) is 5.16 Å². The molecule has 0 aliphatic rings. The lowest BCUT2D eigenvalue weighted by atomic mass is 10.2. The monoisotopic (exact) mass is 523 g/mol. The van der Waals surface area contributed by atoms with E-state index in [0.29, 0.717) is 56.8 Å². The standard InChI is InChI=1S/C22H20Cl3N5O2S/c1-2-11-30-19(9-10-26-21(32)14-3-8-17(24)18(25)12-14)28-29-22(30)33-13-20(31)27-16-6-4-15(23)5-7-16/h2-8,12H,1,9-11,13H2,(H,26,32)(H,27,31). The molecule has 0 saturated heterocycles. The number of rotatable bonds is 10. The average Bonchev–Trinajstić information content (AvgIpc) is 3.17. The van der Waals surface area contributed by atoms with E-state index in [4.69, 9.17) is 34.8 Å². The van der Waals surface area contributed by atoms with Crippen molar-refractivity contribution < 1.29 is 9.59 Å². The van der Waals surface area contributed by atoms with E-state index in [1.165, 1.54) is 17.8 Å². The Labute approximate surface area is 210 Å². The van der Waals surface area contributed by atoms with Crippen LogP contribution >= 0.6 is 46.6 Å². The summed E-state index contributed by atoms with van der Waals surface area (Å²) < 4.78 is 1.86. The van der Waals surface area contributed by atoms with Gasteiger partial charge < -0.3 is 15.2 Å². The molecule has 0 bridgehead atoms. The molecule has 11 heteroatoms. The van der Waals surface area contributed by atoms with Crippen molar-refractivity contribution in [3.05, 3.63) is 81.6 Å². The molecule has 0 atom stereocenters. The highest BCUT2D eigenvalue weighted by atomic mass is 35.5. The number of allylic oxidation sites excluding steroid dienone is 1. The van der Waals surface area contributed by atoms with E-state index in [1.54, 1.807) is 42.5 Å². The fraction of sp³-hybridized carbons (Fsp3) is 0.182. The number of aromatic nitrogens is 3. The Hall–Kier alpha value is -2.52. The second-order valence-corrected chi connectivity index (χ2v) is 8.97. The Morgan fingerprint density at radius 3 is 2.52 bits per heavy atom. The van der Waals surface area contributed by atoms with Crippen molar-refractivity contribution in [3.63, 3.8) is 0 Å². The van der Waals surface area contributed by atoms with Crippen LogP contribution in [0.3, 0.4) is 0 Å². The predicted molar refractivity (Wildman–Crippen MR) is 134 cm³/mol. The molecule has 3 rings (SSSR count). The molecule has 7 nitrogen and oxygen atoms in total. The average molecular weight is 525 g/mol. The summed E-state index contributed by atoms with van der Waals surface area (Å²) in [5.74, 6) is 0.388. The summed E-state index contributed by atoms with van der Waals surface area (Å²) in [6.07, 6.45) is 2.17. The molecular weight excluding hydrogens is 505 g/mol. The molecule has 0 radical (unpaired) electrons. The van der Waals surface area contributed by atoms with Crippen molar-refractivity contribution in [1.82, 2.24) is 20.1 Å². The van der Waals surface area contributed by atoms with Crippen LogP contribution in [0, 0.1) is 0 Å². The van der Waals surface area contributed by atoms with Gasteiger partial charge >= 0.3 is 0 Å². The van der Waals surface area contributed by atoms with Crippen molar-refractivity contribution >= 4 is 64.1 Å². The number of hydrogen-bond acceptors (Lipinski definition) is 5. The van der Waals surface area contributed by atoms with Crippen LogP contribution in [-0.2, 0) is 17.8 Å². The number of hydrogen-bond donors (Lipinski definition) is 2. The molecule has 2 amide bonds. The van der Waals surface area contributed by atoms with E-state index in [9.17, 15) is 9.59 Å². The molecule has 2 N–H and O–H groups in total. The summed E-state index contributed by atoms with van der Waals surface area (Å²) in [6.45, 7) is 4.59. The van der Waals surface area contributed by atoms with Gasteiger partial charge in [0, 0.05) is 35.8 Å². The summed E-state index contributed by atoms with van der Waals surface area (Å²) >= 11 is 19.0. The first-order valence-electron chi connectivity index (χ1n) is 9.82. The molecule has 33 heavy (non-hydrogen) atoms. The Balaban J connectivity index is 1.55. The van der Waals surface area contributed by atoms with Gasteiger partial charge in [0.2, 0.25) is 5.91 Å². The molecule has 0 saturated carbocycles. The number of carbonyl (C=O) groups excluding carboxylic acids is 2. The molecule has 3 aromatic rings. The molecule has 172 valence electrons. The van der Waals surface area contributed by atoms with Crippen LogP contribution < -0.4 is 10.6 Å². The first-order valence-corrected chi connectivity index (χ1v) is 11.9. The van der Waals surface area contributed by atoms with Gasteiger partial charge in [-0.3, -0.25) is 9.59 Å². The fourth-order valence-corrected chi connectivity index (χ4v) is 4.00. The number of benzene rings is 2. The van der Waals surface area contributed by atoms with E-state index in [1.807, 2.05) is 4.57 Å². The van der Waals surface area contributed by atoms with Crippen LogP contribution in [-0.4, -0.2) is 38.9 Å². The smallest absolute Gasteiger partial charge is 0.251 e. The Bertz CT molecular complexity index is 1150. The van der Waals surface area contributed by atoms with Crippen LogP contribution in [0.4, 0.5) is 5.69 Å². The third kappa shape index (κ3) is 7.23.